The second-order valence-electron chi connectivity index (χ2n) is 5.81. The van der Waals surface area contributed by atoms with E-state index in [0.29, 0.717) is 5.57 Å². The van der Waals surface area contributed by atoms with Gasteiger partial charge in [0.1, 0.15) is 0 Å². The van der Waals surface area contributed by atoms with Crippen LogP contribution in [0.4, 0.5) is 5.69 Å². The summed E-state index contributed by atoms with van der Waals surface area (Å²) in [5, 5.41) is 3.82. The van der Waals surface area contributed by atoms with E-state index in [0.717, 1.165) is 36.7 Å². The van der Waals surface area contributed by atoms with Gasteiger partial charge in [-0.1, -0.05) is 34.1 Å². The zero-order valence-corrected chi connectivity index (χ0v) is 16.3. The molecule has 0 aliphatic carbocycles. The molecular formula is C19H12Br2N2O2. The molecule has 2 aromatic carbocycles. The summed E-state index contributed by atoms with van der Waals surface area (Å²) in [6, 6.07) is 11.5. The van der Waals surface area contributed by atoms with E-state index in [1.165, 1.54) is 6.92 Å². The van der Waals surface area contributed by atoms with Gasteiger partial charge in [0.05, 0.1) is 11.2 Å². The molecule has 0 bridgehead atoms. The van der Waals surface area contributed by atoms with Crippen molar-refractivity contribution in [1.82, 2.24) is 4.57 Å². The Morgan fingerprint density at radius 1 is 1.20 bits per heavy atom. The first-order valence-electron chi connectivity index (χ1n) is 7.59. The fraction of sp³-hybridized carbons (Fsp3) is 0.0526. The molecule has 0 saturated heterocycles. The molecular weight excluding hydrogens is 448 g/mol. The highest BCUT2D eigenvalue weighted by Crippen LogP contribution is 2.41. The van der Waals surface area contributed by atoms with Crippen molar-refractivity contribution in [1.29, 1.82) is 0 Å². The van der Waals surface area contributed by atoms with Crippen LogP contribution in [-0.4, -0.2) is 16.4 Å². The molecule has 1 aromatic heterocycles. The summed E-state index contributed by atoms with van der Waals surface area (Å²) in [5.74, 6) is -0.226. The topological polar surface area (TPSA) is 51.1 Å². The number of para-hydroxylation sites is 1. The summed E-state index contributed by atoms with van der Waals surface area (Å²) in [5.41, 5.74) is 3.82. The maximum Gasteiger partial charge on any atom is 0.256 e. The zero-order valence-electron chi connectivity index (χ0n) is 13.1. The van der Waals surface area contributed by atoms with Gasteiger partial charge in [0.15, 0.2) is 0 Å². The Hall–Kier alpha value is -2.18. The molecule has 6 heteroatoms. The van der Waals surface area contributed by atoms with Gasteiger partial charge in [-0.3, -0.25) is 14.2 Å². The highest BCUT2D eigenvalue weighted by molar-refractivity contribution is 9.11. The minimum atomic E-state index is -0.159. The van der Waals surface area contributed by atoms with Crippen LogP contribution in [0, 0.1) is 0 Å². The van der Waals surface area contributed by atoms with Crippen molar-refractivity contribution in [3.8, 4) is 0 Å². The van der Waals surface area contributed by atoms with Crippen molar-refractivity contribution in [2.45, 2.75) is 6.92 Å². The van der Waals surface area contributed by atoms with Gasteiger partial charge in [-0.2, -0.15) is 0 Å². The largest absolute Gasteiger partial charge is 0.320 e. The lowest BCUT2D eigenvalue weighted by atomic mass is 10.0. The van der Waals surface area contributed by atoms with E-state index in [1.807, 2.05) is 42.5 Å². The van der Waals surface area contributed by atoms with Gasteiger partial charge >= 0.3 is 0 Å². The van der Waals surface area contributed by atoms with E-state index in [1.54, 1.807) is 10.8 Å². The van der Waals surface area contributed by atoms with Gasteiger partial charge in [-0.25, -0.2) is 0 Å². The summed E-state index contributed by atoms with van der Waals surface area (Å²) in [7, 11) is 0. The normalized spacial score (nSPS) is 14.8. The molecule has 2 heterocycles. The Morgan fingerprint density at radius 2 is 1.96 bits per heavy atom. The number of hydrogen-bond donors (Lipinski definition) is 1. The fourth-order valence-electron chi connectivity index (χ4n) is 3.10. The molecule has 1 aliphatic rings. The molecule has 1 amide bonds. The number of amides is 1. The van der Waals surface area contributed by atoms with Crippen LogP contribution in [0.1, 0.15) is 22.8 Å². The third-order valence-electron chi connectivity index (χ3n) is 4.21. The van der Waals surface area contributed by atoms with Crippen LogP contribution in [0.25, 0.3) is 22.6 Å². The van der Waals surface area contributed by atoms with Crippen molar-refractivity contribution in [3.05, 3.63) is 62.7 Å². The predicted octanol–water partition coefficient (Wildman–Crippen LogP) is 5.32. The molecule has 0 spiro atoms. The lowest BCUT2D eigenvalue weighted by Crippen LogP contribution is -2.04. The summed E-state index contributed by atoms with van der Waals surface area (Å²) in [4.78, 5) is 24.4. The number of carbonyl (C=O) groups excluding carboxylic acids is 2. The molecule has 124 valence electrons. The average molecular weight is 460 g/mol. The third-order valence-corrected chi connectivity index (χ3v) is 5.29. The van der Waals surface area contributed by atoms with Crippen molar-refractivity contribution in [2.75, 3.05) is 5.32 Å². The smallest absolute Gasteiger partial charge is 0.256 e. The summed E-state index contributed by atoms with van der Waals surface area (Å²) < 4.78 is 3.30. The predicted molar refractivity (Wildman–Crippen MR) is 107 cm³/mol. The molecule has 4 nitrogen and oxygen atoms in total. The first-order valence-corrected chi connectivity index (χ1v) is 9.18. The molecule has 0 radical (unpaired) electrons. The minimum absolute atomic E-state index is 0.0670. The number of nitrogens with one attached hydrogen (secondary N) is 1. The minimum Gasteiger partial charge on any atom is -0.320 e. The number of carbonyl (C=O) groups is 2. The van der Waals surface area contributed by atoms with E-state index in [2.05, 4.69) is 37.2 Å². The monoisotopic (exact) mass is 458 g/mol. The molecule has 25 heavy (non-hydrogen) atoms. The van der Waals surface area contributed by atoms with Crippen molar-refractivity contribution < 1.29 is 9.59 Å². The van der Waals surface area contributed by atoms with Gasteiger partial charge in [0, 0.05) is 44.2 Å². The van der Waals surface area contributed by atoms with E-state index in [-0.39, 0.29) is 11.8 Å². The Balaban J connectivity index is 1.96. The molecule has 4 rings (SSSR count). The third kappa shape index (κ3) is 2.65. The van der Waals surface area contributed by atoms with Gasteiger partial charge in [-0.05, 0) is 40.2 Å². The lowest BCUT2D eigenvalue weighted by Gasteiger charge is -2.02. The number of halogens is 2. The van der Waals surface area contributed by atoms with Gasteiger partial charge < -0.3 is 5.32 Å². The Kier molecular flexibility index (Phi) is 3.89. The quantitative estimate of drug-likeness (QED) is 0.500. The fourth-order valence-corrected chi connectivity index (χ4v) is 4.42. The van der Waals surface area contributed by atoms with Crippen molar-refractivity contribution in [3.63, 3.8) is 0 Å². The molecule has 1 aliphatic heterocycles. The number of nitrogens with zero attached hydrogens (tertiary/aromatic N) is 1. The number of rotatable bonds is 1. The van der Waals surface area contributed by atoms with Gasteiger partial charge in [0.2, 0.25) is 5.91 Å². The number of benzene rings is 2. The molecule has 0 unspecified atom stereocenters. The Labute approximate surface area is 160 Å². The number of aromatic nitrogens is 1. The second kappa shape index (κ2) is 5.97. The SMILES string of the molecule is CC(=O)n1cc(C=C2C(=O)Nc3c(Br)cc(Br)cc32)c2ccccc21. The number of hydrogen-bond acceptors (Lipinski definition) is 2. The maximum absolute atomic E-state index is 12.5. The van der Waals surface area contributed by atoms with Crippen LogP contribution >= 0.6 is 31.9 Å². The van der Waals surface area contributed by atoms with Crippen LogP contribution in [0.15, 0.2) is 51.5 Å². The maximum atomic E-state index is 12.5. The van der Waals surface area contributed by atoms with E-state index in [4.69, 9.17) is 0 Å². The molecule has 0 fully saturated rings. The van der Waals surface area contributed by atoms with Crippen LogP contribution < -0.4 is 5.32 Å². The molecule has 0 saturated carbocycles. The highest BCUT2D eigenvalue weighted by atomic mass is 79.9. The van der Waals surface area contributed by atoms with Gasteiger partial charge in [-0.15, -0.1) is 0 Å². The van der Waals surface area contributed by atoms with Crippen LogP contribution in [0.2, 0.25) is 0 Å². The molecule has 3 aromatic rings. The summed E-state index contributed by atoms with van der Waals surface area (Å²) in [6.07, 6.45) is 3.61. The lowest BCUT2D eigenvalue weighted by molar-refractivity contribution is -0.110. The van der Waals surface area contributed by atoms with Gasteiger partial charge in [0.25, 0.3) is 5.91 Å². The first kappa shape index (κ1) is 16.3. The first-order chi connectivity index (χ1) is 12.0. The summed E-state index contributed by atoms with van der Waals surface area (Å²) in [6.45, 7) is 1.52. The standard InChI is InChI=1S/C19H12Br2N2O2/c1-10(24)23-9-11(13-4-2-3-5-17(13)23)6-15-14-7-12(20)8-16(21)18(14)22-19(15)25/h2-9H,1H3,(H,22,25). The number of fused-ring (bicyclic) bond motifs is 2. The van der Waals surface area contributed by atoms with E-state index >= 15 is 0 Å². The van der Waals surface area contributed by atoms with E-state index in [9.17, 15) is 9.59 Å². The molecule has 0 atom stereocenters. The Morgan fingerprint density at radius 3 is 2.72 bits per heavy atom. The van der Waals surface area contributed by atoms with Crippen LogP contribution in [0.3, 0.4) is 0 Å². The Bertz CT molecular complexity index is 1100. The van der Waals surface area contributed by atoms with Crippen LogP contribution in [-0.2, 0) is 4.79 Å². The van der Waals surface area contributed by atoms with E-state index < -0.39 is 0 Å². The highest BCUT2D eigenvalue weighted by Gasteiger charge is 2.27. The summed E-state index contributed by atoms with van der Waals surface area (Å²) >= 11 is 6.95. The van der Waals surface area contributed by atoms with Crippen molar-refractivity contribution in [2.24, 2.45) is 0 Å². The average Bonchev–Trinajstić information content (AvgIpc) is 3.08. The van der Waals surface area contributed by atoms with Crippen molar-refractivity contribution >= 4 is 71.9 Å². The molecule has 1 N–H and O–H groups in total. The second-order valence-corrected chi connectivity index (χ2v) is 7.58. The zero-order chi connectivity index (χ0) is 17.7. The van der Waals surface area contributed by atoms with Crippen LogP contribution in [0.5, 0.6) is 0 Å². The number of anilines is 1.